The molecule has 6 nitrogen and oxygen atoms in total. The zero-order chi connectivity index (χ0) is 18.6. The van der Waals surface area contributed by atoms with E-state index in [2.05, 4.69) is 15.0 Å². The summed E-state index contributed by atoms with van der Waals surface area (Å²) in [5, 5.41) is 10.3. The summed E-state index contributed by atoms with van der Waals surface area (Å²) >= 11 is 0. The molecule has 1 aromatic carbocycles. The SMILES string of the molecule is Cl.Nc1nc(/C=C/C2(O)CCC2)nc2c1nc(-c1cccc(F)c1)n2C1CC1. The van der Waals surface area contributed by atoms with Crippen LogP contribution < -0.4 is 5.73 Å². The summed E-state index contributed by atoms with van der Waals surface area (Å²) in [7, 11) is 0. The fourth-order valence-electron chi connectivity index (χ4n) is 3.53. The van der Waals surface area contributed by atoms with Crippen LogP contribution in [0.3, 0.4) is 0 Å². The monoisotopic (exact) mass is 401 g/mol. The van der Waals surface area contributed by atoms with Gasteiger partial charge in [-0.3, -0.25) is 0 Å². The van der Waals surface area contributed by atoms with E-state index in [1.807, 2.05) is 10.6 Å². The van der Waals surface area contributed by atoms with Gasteiger partial charge in [0.25, 0.3) is 0 Å². The standard InChI is InChI=1S/C20H20FN5O.ClH/c21-13-4-1-3-12(11-13)18-25-16-17(22)23-15(7-10-20(27)8-2-9-20)24-19(16)26(18)14-5-6-14;/h1,3-4,7,10-11,14,27H,2,5-6,8-9H2,(H2,22,23,24);1H/b10-7+;. The smallest absolute Gasteiger partial charge is 0.166 e. The van der Waals surface area contributed by atoms with Gasteiger partial charge in [-0.25, -0.2) is 19.3 Å². The molecule has 0 atom stereocenters. The zero-order valence-corrected chi connectivity index (χ0v) is 16.0. The lowest BCUT2D eigenvalue weighted by Gasteiger charge is -2.33. The van der Waals surface area contributed by atoms with E-state index in [0.717, 1.165) is 32.1 Å². The number of aliphatic hydroxyl groups is 1. The highest BCUT2D eigenvalue weighted by Crippen LogP contribution is 2.41. The first-order valence-electron chi connectivity index (χ1n) is 9.25. The summed E-state index contributed by atoms with van der Waals surface area (Å²) in [5.41, 5.74) is 7.28. The highest BCUT2D eigenvalue weighted by atomic mass is 35.5. The number of benzene rings is 1. The fourth-order valence-corrected chi connectivity index (χ4v) is 3.53. The maximum atomic E-state index is 13.7. The van der Waals surface area contributed by atoms with Crippen LogP contribution in [-0.2, 0) is 0 Å². The molecule has 2 fully saturated rings. The van der Waals surface area contributed by atoms with E-state index in [9.17, 15) is 9.50 Å². The molecule has 0 radical (unpaired) electrons. The lowest BCUT2D eigenvalue weighted by Crippen LogP contribution is -2.33. The minimum Gasteiger partial charge on any atom is -0.386 e. The molecule has 0 bridgehead atoms. The normalized spacial score (nSPS) is 18.2. The maximum absolute atomic E-state index is 13.7. The number of aromatic nitrogens is 4. The van der Waals surface area contributed by atoms with Gasteiger partial charge in [-0.15, -0.1) is 12.4 Å². The third-order valence-electron chi connectivity index (χ3n) is 5.34. The summed E-state index contributed by atoms with van der Waals surface area (Å²) in [6, 6.07) is 6.67. The molecule has 146 valence electrons. The summed E-state index contributed by atoms with van der Waals surface area (Å²) in [6.07, 6.45) is 8.07. The molecule has 5 rings (SSSR count). The van der Waals surface area contributed by atoms with Gasteiger partial charge in [0.05, 0.1) is 5.60 Å². The number of rotatable bonds is 4. The van der Waals surface area contributed by atoms with Crippen LogP contribution in [0.4, 0.5) is 10.2 Å². The van der Waals surface area contributed by atoms with Gasteiger partial charge >= 0.3 is 0 Å². The minimum atomic E-state index is -0.753. The Bertz CT molecular complexity index is 1070. The van der Waals surface area contributed by atoms with E-state index >= 15 is 0 Å². The minimum absolute atomic E-state index is 0. The molecule has 0 spiro atoms. The van der Waals surface area contributed by atoms with Crippen LogP contribution in [0.15, 0.2) is 30.3 Å². The number of fused-ring (bicyclic) bond motifs is 1. The van der Waals surface area contributed by atoms with Crippen molar-refractivity contribution in [3.05, 3.63) is 42.0 Å². The molecule has 28 heavy (non-hydrogen) atoms. The molecule has 2 aromatic heterocycles. The molecule has 0 unspecified atom stereocenters. The number of anilines is 1. The van der Waals surface area contributed by atoms with Crippen molar-refractivity contribution in [2.24, 2.45) is 0 Å². The quantitative estimate of drug-likeness (QED) is 0.692. The molecule has 2 aliphatic carbocycles. The summed E-state index contributed by atoms with van der Waals surface area (Å²) in [5.74, 6) is 1.09. The molecular formula is C20H21ClFN5O. The first-order chi connectivity index (χ1) is 13.0. The molecule has 3 N–H and O–H groups in total. The van der Waals surface area contributed by atoms with Gasteiger partial charge in [0.15, 0.2) is 22.8 Å². The predicted molar refractivity (Wildman–Crippen MR) is 108 cm³/mol. The molecule has 3 aromatic rings. The van der Waals surface area contributed by atoms with Crippen molar-refractivity contribution in [3.63, 3.8) is 0 Å². The Morgan fingerprint density at radius 1 is 1.21 bits per heavy atom. The second kappa shape index (κ2) is 6.83. The van der Waals surface area contributed by atoms with Crippen molar-refractivity contribution in [3.8, 4) is 11.4 Å². The molecule has 0 saturated heterocycles. The van der Waals surface area contributed by atoms with Gasteiger partial charge in [0.2, 0.25) is 0 Å². The average molecular weight is 402 g/mol. The Balaban J connectivity index is 0.00000192. The van der Waals surface area contributed by atoms with Gasteiger partial charge in [-0.05, 0) is 56.4 Å². The largest absolute Gasteiger partial charge is 0.386 e. The topological polar surface area (TPSA) is 89.8 Å². The van der Waals surface area contributed by atoms with E-state index in [1.54, 1.807) is 18.2 Å². The Kier molecular flexibility index (Phi) is 4.59. The number of nitrogens with zero attached hydrogens (tertiary/aromatic N) is 4. The van der Waals surface area contributed by atoms with E-state index in [1.165, 1.54) is 12.1 Å². The molecule has 0 amide bonds. The second-order valence-electron chi connectivity index (χ2n) is 7.48. The van der Waals surface area contributed by atoms with Gasteiger partial charge < -0.3 is 15.4 Å². The van der Waals surface area contributed by atoms with Crippen LogP contribution >= 0.6 is 12.4 Å². The molecular weight excluding hydrogens is 381 g/mol. The first-order valence-corrected chi connectivity index (χ1v) is 9.25. The summed E-state index contributed by atoms with van der Waals surface area (Å²) < 4.78 is 15.8. The van der Waals surface area contributed by atoms with Crippen molar-refractivity contribution >= 4 is 35.5 Å². The number of nitrogens with two attached hydrogens (primary N) is 1. The number of halogens is 2. The van der Waals surface area contributed by atoms with E-state index < -0.39 is 5.60 Å². The zero-order valence-electron chi connectivity index (χ0n) is 15.2. The lowest BCUT2D eigenvalue weighted by molar-refractivity contribution is 0.0150. The molecule has 8 heteroatoms. The third-order valence-corrected chi connectivity index (χ3v) is 5.34. The predicted octanol–water partition coefficient (Wildman–Crippen LogP) is 3.90. The molecule has 2 saturated carbocycles. The Morgan fingerprint density at radius 3 is 2.64 bits per heavy atom. The Morgan fingerprint density at radius 2 is 2.00 bits per heavy atom. The number of hydrogen-bond donors (Lipinski definition) is 2. The molecule has 2 heterocycles. The van der Waals surface area contributed by atoms with Gasteiger partial charge in [-0.1, -0.05) is 12.1 Å². The second-order valence-corrected chi connectivity index (χ2v) is 7.48. The van der Waals surface area contributed by atoms with Crippen molar-refractivity contribution < 1.29 is 9.50 Å². The highest BCUT2D eigenvalue weighted by Gasteiger charge is 2.32. The van der Waals surface area contributed by atoms with E-state index in [4.69, 9.17) is 5.73 Å². The van der Waals surface area contributed by atoms with Crippen LogP contribution in [-0.4, -0.2) is 30.2 Å². The number of hydrogen-bond acceptors (Lipinski definition) is 5. The maximum Gasteiger partial charge on any atom is 0.166 e. The van der Waals surface area contributed by atoms with E-state index in [-0.39, 0.29) is 30.1 Å². The third kappa shape index (κ3) is 3.25. The average Bonchev–Trinajstić information content (AvgIpc) is 3.38. The van der Waals surface area contributed by atoms with Crippen molar-refractivity contribution in [1.82, 2.24) is 19.5 Å². The van der Waals surface area contributed by atoms with Gasteiger partial charge in [0.1, 0.15) is 11.6 Å². The van der Waals surface area contributed by atoms with Crippen LogP contribution in [0, 0.1) is 5.82 Å². The summed E-state index contributed by atoms with van der Waals surface area (Å²) in [6.45, 7) is 0. The van der Waals surface area contributed by atoms with Crippen LogP contribution in [0.1, 0.15) is 44.0 Å². The van der Waals surface area contributed by atoms with Crippen LogP contribution in [0.25, 0.3) is 28.6 Å². The number of imidazole rings is 1. The van der Waals surface area contributed by atoms with Gasteiger partial charge in [-0.2, -0.15) is 0 Å². The molecule has 2 aliphatic rings. The van der Waals surface area contributed by atoms with E-state index in [0.29, 0.717) is 28.4 Å². The number of nitrogen functional groups attached to an aromatic ring is 1. The highest BCUT2D eigenvalue weighted by molar-refractivity contribution is 5.86. The Hall–Kier alpha value is -2.51. The van der Waals surface area contributed by atoms with Gasteiger partial charge in [0, 0.05) is 11.6 Å². The van der Waals surface area contributed by atoms with Crippen molar-refractivity contribution in [1.29, 1.82) is 0 Å². The molecule has 0 aliphatic heterocycles. The first kappa shape index (κ1) is 18.8. The summed E-state index contributed by atoms with van der Waals surface area (Å²) in [4.78, 5) is 13.6. The van der Waals surface area contributed by atoms with Crippen LogP contribution in [0.5, 0.6) is 0 Å². The fraction of sp³-hybridized carbons (Fsp3) is 0.350. The van der Waals surface area contributed by atoms with Crippen LogP contribution in [0.2, 0.25) is 0 Å². The Labute approximate surface area is 167 Å². The van der Waals surface area contributed by atoms with Crippen molar-refractivity contribution in [2.45, 2.75) is 43.7 Å². The lowest BCUT2D eigenvalue weighted by atomic mass is 9.80. The van der Waals surface area contributed by atoms with Crippen molar-refractivity contribution in [2.75, 3.05) is 5.73 Å².